The van der Waals surface area contributed by atoms with Gasteiger partial charge in [0, 0.05) is 17.8 Å². The van der Waals surface area contributed by atoms with Gasteiger partial charge in [0.1, 0.15) is 18.6 Å². The number of aromatic nitrogens is 4. The Morgan fingerprint density at radius 2 is 1.93 bits per heavy atom. The molecule has 0 aliphatic rings. The van der Waals surface area contributed by atoms with Crippen LogP contribution in [0.3, 0.4) is 0 Å². The van der Waals surface area contributed by atoms with E-state index >= 15 is 0 Å². The van der Waals surface area contributed by atoms with Crippen LogP contribution in [0.1, 0.15) is 5.56 Å². The van der Waals surface area contributed by atoms with Crippen LogP contribution in [0.15, 0.2) is 24.7 Å². The summed E-state index contributed by atoms with van der Waals surface area (Å²) in [5.74, 6) is -7.34. The van der Waals surface area contributed by atoms with Gasteiger partial charge in [-0.3, -0.25) is 24.3 Å². The molecule has 0 aliphatic heterocycles. The van der Waals surface area contributed by atoms with Crippen LogP contribution < -0.4 is 10.1 Å². The molecule has 1 aromatic carbocycles. The fourth-order valence-electron chi connectivity index (χ4n) is 2.52. The summed E-state index contributed by atoms with van der Waals surface area (Å²) in [5, 5.41) is 20.8. The van der Waals surface area contributed by atoms with Gasteiger partial charge >= 0.3 is 11.6 Å². The lowest BCUT2D eigenvalue weighted by Crippen LogP contribution is -2.18. The Bertz CT molecular complexity index is 1130. The number of benzene rings is 1. The molecule has 0 spiro atoms. The first kappa shape index (κ1) is 20.8. The van der Waals surface area contributed by atoms with Gasteiger partial charge in [0.25, 0.3) is 0 Å². The summed E-state index contributed by atoms with van der Waals surface area (Å²) in [7, 11) is 1.19. The van der Waals surface area contributed by atoms with E-state index in [-0.39, 0.29) is 17.6 Å². The number of ether oxygens (including phenoxy) is 1. The summed E-state index contributed by atoms with van der Waals surface area (Å²) in [6.07, 6.45) is 3.36. The number of methoxy groups -OCH3 is 1. The van der Waals surface area contributed by atoms with Crippen molar-refractivity contribution in [2.45, 2.75) is 13.1 Å². The second kappa shape index (κ2) is 8.18. The first-order valence-corrected chi connectivity index (χ1v) is 8.09. The van der Waals surface area contributed by atoms with Crippen LogP contribution in [0.2, 0.25) is 0 Å². The first-order chi connectivity index (χ1) is 14.2. The third kappa shape index (κ3) is 4.21. The number of anilines is 1. The van der Waals surface area contributed by atoms with Crippen molar-refractivity contribution in [3.05, 3.63) is 63.6 Å². The Labute approximate surface area is 164 Å². The lowest BCUT2D eigenvalue weighted by atomic mass is 10.2. The quantitative estimate of drug-likeness (QED) is 0.203. The molecule has 158 valence electrons. The SMILES string of the molecule is COc1nn(CC(=O)Nc2cnn(Cc3c(F)cc(F)c(F)c3F)c2)cc1[N+](=O)[O-]. The fourth-order valence-corrected chi connectivity index (χ4v) is 2.52. The van der Waals surface area contributed by atoms with Crippen LogP contribution in [0.5, 0.6) is 5.88 Å². The van der Waals surface area contributed by atoms with Crippen molar-refractivity contribution >= 4 is 17.3 Å². The summed E-state index contributed by atoms with van der Waals surface area (Å²) in [5.41, 5.74) is -1.04. The van der Waals surface area contributed by atoms with Crippen LogP contribution in [-0.4, -0.2) is 37.5 Å². The second-order valence-electron chi connectivity index (χ2n) is 5.90. The highest BCUT2D eigenvalue weighted by Crippen LogP contribution is 2.24. The minimum Gasteiger partial charge on any atom is -0.475 e. The molecule has 1 amide bonds. The molecule has 0 unspecified atom stereocenters. The molecule has 0 saturated carbocycles. The molecule has 0 atom stereocenters. The number of carbonyl (C=O) groups excluding carboxylic acids is 1. The van der Waals surface area contributed by atoms with Crippen molar-refractivity contribution in [2.75, 3.05) is 12.4 Å². The highest BCUT2D eigenvalue weighted by molar-refractivity contribution is 5.90. The molecule has 0 fully saturated rings. The maximum Gasteiger partial charge on any atom is 0.350 e. The number of nitrogens with zero attached hydrogens (tertiary/aromatic N) is 5. The summed E-state index contributed by atoms with van der Waals surface area (Å²) in [6, 6.07) is 0.220. The van der Waals surface area contributed by atoms with E-state index in [1.807, 2.05) is 0 Å². The zero-order valence-electron chi connectivity index (χ0n) is 15.1. The van der Waals surface area contributed by atoms with Gasteiger partial charge in [-0.25, -0.2) is 17.6 Å². The van der Waals surface area contributed by atoms with E-state index in [9.17, 15) is 32.5 Å². The molecule has 1 N–H and O–H groups in total. The average Bonchev–Trinajstić information content (AvgIpc) is 3.30. The van der Waals surface area contributed by atoms with Crippen LogP contribution >= 0.6 is 0 Å². The minimum absolute atomic E-state index is 0.122. The first-order valence-electron chi connectivity index (χ1n) is 8.09. The third-order valence-electron chi connectivity index (χ3n) is 3.85. The molecule has 0 saturated heterocycles. The molecule has 2 heterocycles. The Hall–Kier alpha value is -3.97. The fraction of sp³-hybridized carbons (Fsp3) is 0.188. The van der Waals surface area contributed by atoms with Gasteiger partial charge in [-0.1, -0.05) is 0 Å². The maximum absolute atomic E-state index is 13.8. The third-order valence-corrected chi connectivity index (χ3v) is 3.85. The predicted molar refractivity (Wildman–Crippen MR) is 91.7 cm³/mol. The topological polar surface area (TPSA) is 117 Å². The van der Waals surface area contributed by atoms with Crippen molar-refractivity contribution in [1.82, 2.24) is 19.6 Å². The normalized spacial score (nSPS) is 10.8. The number of rotatable bonds is 7. The monoisotopic (exact) mass is 428 g/mol. The lowest BCUT2D eigenvalue weighted by molar-refractivity contribution is -0.385. The predicted octanol–water partition coefficient (Wildman–Crippen LogP) is 2.24. The zero-order valence-corrected chi connectivity index (χ0v) is 15.1. The van der Waals surface area contributed by atoms with E-state index in [2.05, 4.69) is 15.5 Å². The summed E-state index contributed by atoms with van der Waals surface area (Å²) >= 11 is 0. The lowest BCUT2D eigenvalue weighted by Gasteiger charge is -2.07. The summed E-state index contributed by atoms with van der Waals surface area (Å²) in [4.78, 5) is 22.2. The van der Waals surface area contributed by atoms with Crippen molar-refractivity contribution in [1.29, 1.82) is 0 Å². The number of hydrogen-bond acceptors (Lipinski definition) is 6. The molecule has 0 aliphatic carbocycles. The van der Waals surface area contributed by atoms with E-state index in [0.717, 1.165) is 21.8 Å². The maximum atomic E-state index is 13.8. The number of carbonyl (C=O) groups is 1. The van der Waals surface area contributed by atoms with Crippen LogP contribution in [0.4, 0.5) is 28.9 Å². The van der Waals surface area contributed by atoms with Crippen LogP contribution in [-0.2, 0) is 17.9 Å². The molecular weight excluding hydrogens is 416 g/mol. The van der Waals surface area contributed by atoms with Gasteiger partial charge < -0.3 is 10.1 Å². The highest BCUT2D eigenvalue weighted by Gasteiger charge is 2.22. The molecule has 3 aromatic rings. The second-order valence-corrected chi connectivity index (χ2v) is 5.90. The Balaban J connectivity index is 1.68. The van der Waals surface area contributed by atoms with Crippen LogP contribution in [0.25, 0.3) is 0 Å². The van der Waals surface area contributed by atoms with Gasteiger partial charge in [-0.15, -0.1) is 5.10 Å². The van der Waals surface area contributed by atoms with Crippen molar-refractivity contribution in [3.8, 4) is 5.88 Å². The number of hydrogen-bond donors (Lipinski definition) is 1. The van der Waals surface area contributed by atoms with Crippen molar-refractivity contribution < 1.29 is 32.0 Å². The number of halogens is 4. The van der Waals surface area contributed by atoms with Gasteiger partial charge in [0.2, 0.25) is 5.91 Å². The number of amides is 1. The molecule has 0 radical (unpaired) electrons. The van der Waals surface area contributed by atoms with Gasteiger partial charge in [0.05, 0.1) is 30.5 Å². The molecule has 0 bridgehead atoms. The Morgan fingerprint density at radius 1 is 1.20 bits per heavy atom. The minimum atomic E-state index is -1.81. The van der Waals surface area contributed by atoms with Gasteiger partial charge in [-0.2, -0.15) is 5.10 Å². The Kier molecular flexibility index (Phi) is 5.66. The van der Waals surface area contributed by atoms with E-state index < -0.39 is 58.4 Å². The largest absolute Gasteiger partial charge is 0.475 e. The van der Waals surface area contributed by atoms with E-state index in [1.165, 1.54) is 13.3 Å². The standard InChI is InChI=1S/C16H12F4N6O4/c1-30-16-12(26(28)29)6-25(23-16)7-13(27)22-8-3-21-24(4-8)5-9-10(17)2-11(18)15(20)14(9)19/h2-4,6H,5,7H2,1H3,(H,22,27). The molecular formula is C16H12F4N6O4. The summed E-state index contributed by atoms with van der Waals surface area (Å²) < 4.78 is 60.5. The summed E-state index contributed by atoms with van der Waals surface area (Å²) in [6.45, 7) is -0.963. The van der Waals surface area contributed by atoms with E-state index in [1.54, 1.807) is 0 Å². The zero-order chi connectivity index (χ0) is 22.0. The Morgan fingerprint density at radius 3 is 2.57 bits per heavy atom. The number of nitrogens with one attached hydrogen (secondary N) is 1. The van der Waals surface area contributed by atoms with E-state index in [0.29, 0.717) is 0 Å². The van der Waals surface area contributed by atoms with Gasteiger partial charge in [0.15, 0.2) is 17.5 Å². The highest BCUT2D eigenvalue weighted by atomic mass is 19.2. The average molecular weight is 428 g/mol. The molecule has 3 rings (SSSR count). The van der Waals surface area contributed by atoms with Crippen LogP contribution in [0, 0.1) is 33.4 Å². The van der Waals surface area contributed by atoms with Crippen molar-refractivity contribution in [2.24, 2.45) is 0 Å². The molecule has 10 nitrogen and oxygen atoms in total. The van der Waals surface area contributed by atoms with E-state index in [4.69, 9.17) is 4.74 Å². The molecule has 2 aromatic heterocycles. The smallest absolute Gasteiger partial charge is 0.350 e. The molecule has 30 heavy (non-hydrogen) atoms. The van der Waals surface area contributed by atoms with Gasteiger partial charge in [-0.05, 0) is 0 Å². The molecule has 14 heteroatoms. The van der Waals surface area contributed by atoms with Crippen molar-refractivity contribution in [3.63, 3.8) is 0 Å². The number of nitro groups is 1.